The van der Waals surface area contributed by atoms with Gasteiger partial charge < -0.3 is 15.5 Å². The van der Waals surface area contributed by atoms with Crippen LogP contribution in [-0.2, 0) is 11.2 Å². The monoisotopic (exact) mass is 280 g/mol. The van der Waals surface area contributed by atoms with E-state index in [0.29, 0.717) is 0 Å². The topological polar surface area (TPSA) is 62.5 Å². The number of rotatable bonds is 3. The highest BCUT2D eigenvalue weighted by molar-refractivity contribution is 7.15. The molecule has 0 atom stereocenters. The third-order valence-electron chi connectivity index (χ3n) is 3.94. The van der Waals surface area contributed by atoms with E-state index in [-0.39, 0.29) is 5.91 Å². The Bertz CT molecular complexity index is 475. The molecule has 0 bridgehead atoms. The molecular formula is C13H20N4OS. The van der Waals surface area contributed by atoms with Crippen molar-refractivity contribution < 1.29 is 4.79 Å². The van der Waals surface area contributed by atoms with Crippen LogP contribution in [0.2, 0.25) is 0 Å². The van der Waals surface area contributed by atoms with Crippen LogP contribution in [0, 0.1) is 0 Å². The van der Waals surface area contributed by atoms with Crippen molar-refractivity contribution in [3.63, 3.8) is 0 Å². The van der Waals surface area contributed by atoms with Crippen LogP contribution >= 0.6 is 11.3 Å². The highest BCUT2D eigenvalue weighted by atomic mass is 32.1. The molecule has 2 N–H and O–H groups in total. The summed E-state index contributed by atoms with van der Waals surface area (Å²) in [6.45, 7) is 5.39. The molecule has 2 heterocycles. The maximum atomic E-state index is 12.1. The van der Waals surface area contributed by atoms with Crippen molar-refractivity contribution in [2.75, 3.05) is 31.1 Å². The zero-order chi connectivity index (χ0) is 13.5. The van der Waals surface area contributed by atoms with Gasteiger partial charge in [0.25, 0.3) is 0 Å². The maximum Gasteiger partial charge on any atom is 0.242 e. The van der Waals surface area contributed by atoms with Crippen LogP contribution < -0.4 is 10.6 Å². The average Bonchev–Trinajstić information content (AvgIpc) is 3.03. The lowest BCUT2D eigenvalue weighted by atomic mass is 10.2. The summed E-state index contributed by atoms with van der Waals surface area (Å²) in [4.78, 5) is 22.1. The third-order valence-corrected chi connectivity index (χ3v) is 5.14. The molecule has 1 aromatic heterocycles. The number of piperazine rings is 1. The van der Waals surface area contributed by atoms with Crippen molar-refractivity contribution in [2.24, 2.45) is 5.73 Å². The van der Waals surface area contributed by atoms with Crippen LogP contribution in [0.4, 0.5) is 5.13 Å². The summed E-state index contributed by atoms with van der Waals surface area (Å²) in [6.07, 6.45) is 4.68. The zero-order valence-corrected chi connectivity index (χ0v) is 12.1. The molecule has 0 radical (unpaired) electrons. The summed E-state index contributed by atoms with van der Waals surface area (Å²) in [6, 6.07) is 0. The Balaban J connectivity index is 1.58. The Morgan fingerprint density at radius 3 is 2.63 bits per heavy atom. The molecule has 6 heteroatoms. The fraction of sp³-hybridized carbons (Fsp3) is 0.692. The number of amides is 1. The van der Waals surface area contributed by atoms with Gasteiger partial charge in [-0.3, -0.25) is 4.79 Å². The number of hydrogen-bond donors (Lipinski definition) is 1. The number of anilines is 1. The lowest BCUT2D eigenvalue weighted by Crippen LogP contribution is -2.54. The van der Waals surface area contributed by atoms with E-state index in [1.807, 2.05) is 11.1 Å². The minimum absolute atomic E-state index is 0.139. The number of thiazole rings is 1. The average molecular weight is 280 g/mol. The summed E-state index contributed by atoms with van der Waals surface area (Å²) in [5.41, 5.74) is 5.44. The lowest BCUT2D eigenvalue weighted by Gasteiger charge is -2.35. The van der Waals surface area contributed by atoms with Gasteiger partial charge in [-0.05, 0) is 19.3 Å². The Labute approximate surface area is 117 Å². The Morgan fingerprint density at radius 1 is 1.42 bits per heavy atom. The predicted octanol–water partition coefficient (Wildman–Crippen LogP) is 0.845. The van der Waals surface area contributed by atoms with Crippen molar-refractivity contribution in [3.8, 4) is 0 Å². The molecule has 1 aliphatic heterocycles. The fourth-order valence-electron chi connectivity index (χ4n) is 2.37. The molecular weight excluding hydrogens is 260 g/mol. The number of aromatic nitrogens is 1. The van der Waals surface area contributed by atoms with Crippen molar-refractivity contribution in [1.29, 1.82) is 0 Å². The maximum absolute atomic E-state index is 12.1. The zero-order valence-electron chi connectivity index (χ0n) is 11.3. The quantitative estimate of drug-likeness (QED) is 0.891. The molecule has 0 aromatic carbocycles. The molecule has 1 aromatic rings. The van der Waals surface area contributed by atoms with Crippen LogP contribution in [0.3, 0.4) is 0 Å². The van der Waals surface area contributed by atoms with Gasteiger partial charge in [-0.15, -0.1) is 11.3 Å². The van der Waals surface area contributed by atoms with Crippen LogP contribution in [-0.4, -0.2) is 47.5 Å². The molecule has 0 spiro atoms. The van der Waals surface area contributed by atoms with E-state index in [2.05, 4.69) is 16.8 Å². The van der Waals surface area contributed by atoms with E-state index in [1.54, 1.807) is 11.3 Å². The number of carbonyl (C=O) groups is 1. The normalized spacial score (nSPS) is 21.6. The predicted molar refractivity (Wildman–Crippen MR) is 76.4 cm³/mol. The lowest BCUT2D eigenvalue weighted by molar-refractivity contribution is -0.133. The van der Waals surface area contributed by atoms with Gasteiger partial charge in [-0.25, -0.2) is 4.98 Å². The molecule has 2 aliphatic rings. The highest BCUT2D eigenvalue weighted by Gasteiger charge is 2.48. The van der Waals surface area contributed by atoms with Gasteiger partial charge in [0.2, 0.25) is 5.91 Å². The summed E-state index contributed by atoms with van der Waals surface area (Å²) < 4.78 is 0. The number of hydrogen-bond acceptors (Lipinski definition) is 5. The van der Waals surface area contributed by atoms with Crippen molar-refractivity contribution in [2.45, 2.75) is 31.7 Å². The van der Waals surface area contributed by atoms with Crippen LogP contribution in [0.15, 0.2) is 6.20 Å². The summed E-state index contributed by atoms with van der Waals surface area (Å²) in [7, 11) is 0. The Hall–Kier alpha value is -1.14. The van der Waals surface area contributed by atoms with Crippen molar-refractivity contribution >= 4 is 22.4 Å². The summed E-state index contributed by atoms with van der Waals surface area (Å²) in [5, 5.41) is 1.08. The molecule has 1 aliphatic carbocycles. The number of carbonyl (C=O) groups excluding carboxylic acids is 1. The summed E-state index contributed by atoms with van der Waals surface area (Å²) in [5.74, 6) is 0.139. The molecule has 2 fully saturated rings. The van der Waals surface area contributed by atoms with Gasteiger partial charge in [-0.1, -0.05) is 6.92 Å². The molecule has 1 saturated heterocycles. The van der Waals surface area contributed by atoms with E-state index < -0.39 is 5.54 Å². The highest BCUT2D eigenvalue weighted by Crippen LogP contribution is 2.34. The second-order valence-corrected chi connectivity index (χ2v) is 6.49. The van der Waals surface area contributed by atoms with Gasteiger partial charge in [0.05, 0.1) is 5.54 Å². The largest absolute Gasteiger partial charge is 0.345 e. The van der Waals surface area contributed by atoms with Gasteiger partial charge >= 0.3 is 0 Å². The molecule has 1 saturated carbocycles. The van der Waals surface area contributed by atoms with E-state index >= 15 is 0 Å². The first kappa shape index (κ1) is 12.9. The first-order valence-electron chi connectivity index (χ1n) is 6.90. The Kier molecular flexibility index (Phi) is 3.22. The van der Waals surface area contributed by atoms with Crippen LogP contribution in [0.1, 0.15) is 24.6 Å². The number of aryl methyl sites for hydroxylation is 1. The number of nitrogens with two attached hydrogens (primary N) is 1. The van der Waals surface area contributed by atoms with Crippen molar-refractivity contribution in [1.82, 2.24) is 9.88 Å². The SMILES string of the molecule is CCc1cnc(N2CCN(C(=O)C3(N)CC3)CC2)s1. The summed E-state index contributed by atoms with van der Waals surface area (Å²) >= 11 is 1.75. The van der Waals surface area contributed by atoms with Gasteiger partial charge in [-0.2, -0.15) is 0 Å². The van der Waals surface area contributed by atoms with Crippen LogP contribution in [0.25, 0.3) is 0 Å². The molecule has 1 amide bonds. The second-order valence-electron chi connectivity index (χ2n) is 5.40. The van der Waals surface area contributed by atoms with Gasteiger partial charge in [0.15, 0.2) is 5.13 Å². The van der Waals surface area contributed by atoms with Crippen molar-refractivity contribution in [3.05, 3.63) is 11.1 Å². The molecule has 104 valence electrons. The van der Waals surface area contributed by atoms with Gasteiger partial charge in [0, 0.05) is 37.3 Å². The molecule has 3 rings (SSSR count). The fourth-order valence-corrected chi connectivity index (χ4v) is 3.27. The smallest absolute Gasteiger partial charge is 0.242 e. The van der Waals surface area contributed by atoms with E-state index in [0.717, 1.165) is 50.6 Å². The van der Waals surface area contributed by atoms with E-state index in [9.17, 15) is 4.79 Å². The third kappa shape index (κ3) is 2.47. The standard InChI is InChI=1S/C13H20N4OS/c1-2-10-9-15-12(19-10)17-7-5-16(6-8-17)11(18)13(14)3-4-13/h9H,2-8,14H2,1H3. The molecule has 19 heavy (non-hydrogen) atoms. The van der Waals surface area contributed by atoms with E-state index in [1.165, 1.54) is 4.88 Å². The number of nitrogens with zero attached hydrogens (tertiary/aromatic N) is 3. The minimum Gasteiger partial charge on any atom is -0.345 e. The van der Waals surface area contributed by atoms with Crippen LogP contribution in [0.5, 0.6) is 0 Å². The second kappa shape index (κ2) is 4.76. The molecule has 0 unspecified atom stereocenters. The van der Waals surface area contributed by atoms with Gasteiger partial charge in [0.1, 0.15) is 0 Å². The Morgan fingerprint density at radius 2 is 2.11 bits per heavy atom. The first-order chi connectivity index (χ1) is 9.12. The minimum atomic E-state index is -0.529. The first-order valence-corrected chi connectivity index (χ1v) is 7.72. The molecule has 5 nitrogen and oxygen atoms in total. The van der Waals surface area contributed by atoms with E-state index in [4.69, 9.17) is 5.73 Å².